The van der Waals surface area contributed by atoms with Gasteiger partial charge in [0.25, 0.3) is 5.91 Å². The Bertz CT molecular complexity index is 783. The van der Waals surface area contributed by atoms with Crippen molar-refractivity contribution < 1.29 is 9.59 Å². The van der Waals surface area contributed by atoms with Crippen LogP contribution < -0.4 is 4.90 Å². The van der Waals surface area contributed by atoms with Crippen molar-refractivity contribution in [2.75, 3.05) is 24.5 Å². The summed E-state index contributed by atoms with van der Waals surface area (Å²) in [6.07, 6.45) is 3.30. The third-order valence-corrected chi connectivity index (χ3v) is 5.28. The minimum Gasteiger partial charge on any atom is -0.347 e. The molecule has 0 radical (unpaired) electrons. The summed E-state index contributed by atoms with van der Waals surface area (Å²) in [6, 6.07) is 13.5. The summed E-state index contributed by atoms with van der Waals surface area (Å²) < 4.78 is 1.85. The first-order chi connectivity index (χ1) is 11.6. The van der Waals surface area contributed by atoms with Gasteiger partial charge in [0.15, 0.2) is 0 Å². The standard InChI is InChI=1S/C19H21N3O2/c1-20-10-5-8-16(20)18(24)21-11-9-19(13-21)12-17(23)22(14-19)15-6-3-2-4-7-15/h2-8,10H,9,11-14H2,1H3/t19-/m0/s1. The SMILES string of the molecule is Cn1cccc1C(=O)N1CC[C@]2(CC(=O)N(c3ccccc3)C2)C1. The molecule has 1 atom stereocenters. The van der Waals surface area contributed by atoms with E-state index in [4.69, 9.17) is 0 Å². The summed E-state index contributed by atoms with van der Waals surface area (Å²) in [7, 11) is 1.88. The van der Waals surface area contributed by atoms with E-state index in [0.717, 1.165) is 18.7 Å². The largest absolute Gasteiger partial charge is 0.347 e. The lowest BCUT2D eigenvalue weighted by atomic mass is 9.86. The van der Waals surface area contributed by atoms with Gasteiger partial charge in [0.2, 0.25) is 5.91 Å². The maximum Gasteiger partial charge on any atom is 0.270 e. The van der Waals surface area contributed by atoms with Crippen LogP contribution in [0.1, 0.15) is 23.3 Å². The van der Waals surface area contributed by atoms with Gasteiger partial charge < -0.3 is 14.4 Å². The molecule has 1 aromatic heterocycles. The summed E-state index contributed by atoms with van der Waals surface area (Å²) >= 11 is 0. The summed E-state index contributed by atoms with van der Waals surface area (Å²) in [5, 5.41) is 0. The van der Waals surface area contributed by atoms with Gasteiger partial charge >= 0.3 is 0 Å². The van der Waals surface area contributed by atoms with Crippen molar-refractivity contribution in [3.05, 3.63) is 54.4 Å². The molecule has 2 amide bonds. The second-order valence-corrected chi connectivity index (χ2v) is 6.97. The highest BCUT2D eigenvalue weighted by atomic mass is 16.2. The maximum atomic E-state index is 12.7. The van der Waals surface area contributed by atoms with Crippen LogP contribution in [0.2, 0.25) is 0 Å². The lowest BCUT2D eigenvalue weighted by molar-refractivity contribution is -0.117. The van der Waals surface area contributed by atoms with Gasteiger partial charge in [-0.05, 0) is 30.7 Å². The Morgan fingerprint density at radius 1 is 1.08 bits per heavy atom. The van der Waals surface area contributed by atoms with Crippen LogP contribution in [0, 0.1) is 5.41 Å². The predicted octanol–water partition coefficient (Wildman–Crippen LogP) is 2.29. The molecule has 4 rings (SSSR count). The summed E-state index contributed by atoms with van der Waals surface area (Å²) in [6.45, 7) is 2.08. The fourth-order valence-electron chi connectivity index (χ4n) is 3.97. The van der Waals surface area contributed by atoms with Crippen molar-refractivity contribution in [2.24, 2.45) is 12.5 Å². The van der Waals surface area contributed by atoms with E-state index in [2.05, 4.69) is 0 Å². The Balaban J connectivity index is 1.51. The van der Waals surface area contributed by atoms with E-state index in [1.165, 1.54) is 0 Å². The van der Waals surface area contributed by atoms with E-state index < -0.39 is 0 Å². The van der Waals surface area contributed by atoms with Crippen LogP contribution >= 0.6 is 0 Å². The van der Waals surface area contributed by atoms with E-state index in [1.54, 1.807) is 0 Å². The van der Waals surface area contributed by atoms with Crippen molar-refractivity contribution in [1.29, 1.82) is 0 Å². The second-order valence-electron chi connectivity index (χ2n) is 6.97. The zero-order chi connectivity index (χ0) is 16.7. The highest BCUT2D eigenvalue weighted by molar-refractivity contribution is 5.97. The summed E-state index contributed by atoms with van der Waals surface area (Å²) in [4.78, 5) is 29.0. The second kappa shape index (κ2) is 5.51. The third-order valence-electron chi connectivity index (χ3n) is 5.28. The number of hydrogen-bond donors (Lipinski definition) is 0. The van der Waals surface area contributed by atoms with Gasteiger partial charge in [0, 0.05) is 50.4 Å². The number of nitrogens with zero attached hydrogens (tertiary/aromatic N) is 3. The normalized spacial score (nSPS) is 23.5. The van der Waals surface area contributed by atoms with E-state index in [0.29, 0.717) is 25.2 Å². The molecular weight excluding hydrogens is 302 g/mol. The van der Waals surface area contributed by atoms with Crippen LogP contribution in [0.25, 0.3) is 0 Å². The number of carbonyl (C=O) groups excluding carboxylic acids is 2. The fourth-order valence-corrected chi connectivity index (χ4v) is 3.97. The van der Waals surface area contributed by atoms with Crippen LogP contribution in [-0.4, -0.2) is 40.9 Å². The molecule has 0 bridgehead atoms. The number of anilines is 1. The molecule has 24 heavy (non-hydrogen) atoms. The fraction of sp³-hybridized carbons (Fsp3) is 0.368. The number of hydrogen-bond acceptors (Lipinski definition) is 2. The highest BCUT2D eigenvalue weighted by Crippen LogP contribution is 2.42. The van der Waals surface area contributed by atoms with Gasteiger partial charge in [0.1, 0.15) is 5.69 Å². The lowest BCUT2D eigenvalue weighted by Crippen LogP contribution is -2.34. The molecule has 3 heterocycles. The van der Waals surface area contributed by atoms with Crippen molar-refractivity contribution in [3.8, 4) is 0 Å². The van der Waals surface area contributed by atoms with Crippen LogP contribution in [0.15, 0.2) is 48.7 Å². The van der Waals surface area contributed by atoms with Crippen LogP contribution in [0.4, 0.5) is 5.69 Å². The third kappa shape index (κ3) is 2.40. The maximum absolute atomic E-state index is 12.7. The van der Waals surface area contributed by atoms with Gasteiger partial charge in [-0.1, -0.05) is 18.2 Å². The van der Waals surface area contributed by atoms with Crippen LogP contribution in [-0.2, 0) is 11.8 Å². The molecule has 5 nitrogen and oxygen atoms in total. The first-order valence-corrected chi connectivity index (χ1v) is 8.34. The molecule has 2 saturated heterocycles. The summed E-state index contributed by atoms with van der Waals surface area (Å²) in [5.74, 6) is 0.222. The van der Waals surface area contributed by atoms with Gasteiger partial charge in [-0.2, -0.15) is 0 Å². The van der Waals surface area contributed by atoms with Crippen molar-refractivity contribution in [2.45, 2.75) is 12.8 Å². The number of carbonyl (C=O) groups is 2. The van der Waals surface area contributed by atoms with Gasteiger partial charge in [-0.25, -0.2) is 0 Å². The van der Waals surface area contributed by atoms with Crippen molar-refractivity contribution >= 4 is 17.5 Å². The Morgan fingerprint density at radius 3 is 2.58 bits per heavy atom. The molecule has 2 aliphatic rings. The molecule has 0 aliphatic carbocycles. The molecule has 1 spiro atoms. The number of likely N-dealkylation sites (tertiary alicyclic amines) is 1. The number of para-hydroxylation sites is 1. The van der Waals surface area contributed by atoms with E-state index in [1.807, 2.05) is 70.1 Å². The zero-order valence-corrected chi connectivity index (χ0v) is 13.8. The zero-order valence-electron chi connectivity index (χ0n) is 13.8. The molecule has 0 N–H and O–H groups in total. The Hall–Kier alpha value is -2.56. The topological polar surface area (TPSA) is 45.6 Å². The smallest absolute Gasteiger partial charge is 0.270 e. The molecular formula is C19H21N3O2. The summed E-state index contributed by atoms with van der Waals surface area (Å²) in [5.41, 5.74) is 1.55. The minimum atomic E-state index is -0.103. The number of amides is 2. The van der Waals surface area contributed by atoms with Gasteiger partial charge in [-0.3, -0.25) is 9.59 Å². The average Bonchev–Trinajstić information content (AvgIpc) is 3.28. The molecule has 5 heteroatoms. The monoisotopic (exact) mass is 323 g/mol. The van der Waals surface area contributed by atoms with E-state index in [9.17, 15) is 9.59 Å². The molecule has 1 aromatic carbocycles. The van der Waals surface area contributed by atoms with Crippen molar-refractivity contribution in [1.82, 2.24) is 9.47 Å². The highest BCUT2D eigenvalue weighted by Gasteiger charge is 2.48. The average molecular weight is 323 g/mol. The number of benzene rings is 1. The molecule has 0 unspecified atom stereocenters. The quantitative estimate of drug-likeness (QED) is 0.851. The van der Waals surface area contributed by atoms with Gasteiger partial charge in [0.05, 0.1) is 0 Å². The minimum absolute atomic E-state index is 0.0602. The van der Waals surface area contributed by atoms with Gasteiger partial charge in [-0.15, -0.1) is 0 Å². The van der Waals surface area contributed by atoms with Crippen molar-refractivity contribution in [3.63, 3.8) is 0 Å². The number of aryl methyl sites for hydroxylation is 1. The number of rotatable bonds is 2. The molecule has 0 saturated carbocycles. The molecule has 124 valence electrons. The number of aromatic nitrogens is 1. The van der Waals surface area contributed by atoms with Crippen LogP contribution in [0.5, 0.6) is 0 Å². The lowest BCUT2D eigenvalue weighted by Gasteiger charge is -2.24. The first kappa shape index (κ1) is 15.0. The molecule has 2 aliphatic heterocycles. The Morgan fingerprint density at radius 2 is 1.88 bits per heavy atom. The molecule has 2 aromatic rings. The Labute approximate surface area is 141 Å². The van der Waals surface area contributed by atoms with E-state index >= 15 is 0 Å². The Kier molecular flexibility index (Phi) is 3.44. The van der Waals surface area contributed by atoms with E-state index in [-0.39, 0.29) is 17.2 Å². The van der Waals surface area contributed by atoms with Crippen LogP contribution in [0.3, 0.4) is 0 Å². The predicted molar refractivity (Wildman–Crippen MR) is 91.8 cm³/mol. The first-order valence-electron chi connectivity index (χ1n) is 8.34. The molecule has 2 fully saturated rings.